The predicted octanol–water partition coefficient (Wildman–Crippen LogP) is 0.953. The van der Waals surface area contributed by atoms with Crippen LogP contribution in [0.5, 0.6) is 0 Å². The van der Waals surface area contributed by atoms with E-state index in [9.17, 15) is 5.11 Å². The fourth-order valence-electron chi connectivity index (χ4n) is 1.19. The van der Waals surface area contributed by atoms with Crippen molar-refractivity contribution in [1.29, 1.82) is 0 Å². The minimum Gasteiger partial charge on any atom is -0.384 e. The lowest BCUT2D eigenvalue weighted by Gasteiger charge is -2.09. The van der Waals surface area contributed by atoms with Gasteiger partial charge in [-0.3, -0.25) is 4.98 Å². The fraction of sp³-hybridized carbons (Fsp3) is 0.100. The lowest BCUT2D eigenvalue weighted by Crippen LogP contribution is -2.00. The Morgan fingerprint density at radius 3 is 2.21 bits per heavy atom. The normalized spacial score (nSPS) is 12.4. The van der Waals surface area contributed by atoms with Crippen LogP contribution in [-0.2, 0) is 0 Å². The fourth-order valence-corrected chi connectivity index (χ4v) is 1.19. The second-order valence-corrected chi connectivity index (χ2v) is 2.85. The van der Waals surface area contributed by atoms with Gasteiger partial charge in [0.15, 0.2) is 0 Å². The first-order chi connectivity index (χ1) is 6.88. The Bertz CT molecular complexity index is 351. The van der Waals surface area contributed by atoms with Crippen LogP contribution in [-0.4, -0.2) is 20.1 Å². The Morgan fingerprint density at radius 2 is 1.57 bits per heavy atom. The Hall–Kier alpha value is -1.81. The molecule has 2 aromatic rings. The quantitative estimate of drug-likeness (QED) is 0.760. The molecule has 0 saturated carbocycles. The first-order valence-electron chi connectivity index (χ1n) is 4.21. The van der Waals surface area contributed by atoms with Gasteiger partial charge in [0, 0.05) is 30.4 Å². The molecule has 0 bridgehead atoms. The summed E-state index contributed by atoms with van der Waals surface area (Å²) in [5.41, 5.74) is 1.47. The molecule has 0 saturated heterocycles. The highest BCUT2D eigenvalue weighted by Crippen LogP contribution is 2.18. The SMILES string of the molecule is OC(c1ccncc1)c1cncnc1. The largest absolute Gasteiger partial charge is 0.384 e. The molecule has 2 aromatic heterocycles. The van der Waals surface area contributed by atoms with E-state index >= 15 is 0 Å². The zero-order chi connectivity index (χ0) is 9.80. The molecule has 1 atom stereocenters. The van der Waals surface area contributed by atoms with E-state index in [1.165, 1.54) is 6.33 Å². The third kappa shape index (κ3) is 1.75. The summed E-state index contributed by atoms with van der Waals surface area (Å²) in [5.74, 6) is 0. The monoisotopic (exact) mass is 187 g/mol. The second kappa shape index (κ2) is 3.93. The maximum Gasteiger partial charge on any atom is 0.115 e. The molecule has 0 radical (unpaired) electrons. The summed E-state index contributed by atoms with van der Waals surface area (Å²) in [6.07, 6.45) is 7.23. The lowest BCUT2D eigenvalue weighted by molar-refractivity contribution is 0.219. The highest BCUT2D eigenvalue weighted by molar-refractivity contribution is 5.24. The van der Waals surface area contributed by atoms with E-state index in [2.05, 4.69) is 15.0 Å². The van der Waals surface area contributed by atoms with Gasteiger partial charge in [-0.05, 0) is 17.7 Å². The second-order valence-electron chi connectivity index (χ2n) is 2.85. The summed E-state index contributed by atoms with van der Waals surface area (Å²) in [6, 6.07) is 3.52. The third-order valence-electron chi connectivity index (χ3n) is 1.92. The van der Waals surface area contributed by atoms with E-state index in [4.69, 9.17) is 0 Å². The van der Waals surface area contributed by atoms with Crippen molar-refractivity contribution in [2.75, 3.05) is 0 Å². The topological polar surface area (TPSA) is 58.9 Å². The number of pyridine rings is 1. The van der Waals surface area contributed by atoms with Gasteiger partial charge in [-0.25, -0.2) is 9.97 Å². The molecule has 1 N–H and O–H groups in total. The number of nitrogens with zero attached hydrogens (tertiary/aromatic N) is 3. The Kier molecular flexibility index (Phi) is 2.46. The molecule has 0 aliphatic rings. The van der Waals surface area contributed by atoms with Gasteiger partial charge >= 0.3 is 0 Å². The molecule has 1 unspecified atom stereocenters. The molecule has 0 aliphatic carbocycles. The maximum atomic E-state index is 9.88. The minimum absolute atomic E-state index is 0.679. The van der Waals surface area contributed by atoms with Crippen molar-refractivity contribution in [2.45, 2.75) is 6.10 Å². The van der Waals surface area contributed by atoms with Gasteiger partial charge in [-0.1, -0.05) is 0 Å². The van der Waals surface area contributed by atoms with E-state index in [0.29, 0.717) is 5.56 Å². The molecule has 14 heavy (non-hydrogen) atoms. The van der Waals surface area contributed by atoms with Crippen LogP contribution in [0.4, 0.5) is 0 Å². The van der Waals surface area contributed by atoms with Crippen molar-refractivity contribution in [3.05, 3.63) is 54.4 Å². The highest BCUT2D eigenvalue weighted by Gasteiger charge is 2.09. The summed E-state index contributed by atoms with van der Waals surface area (Å²) in [5, 5.41) is 9.88. The Morgan fingerprint density at radius 1 is 0.929 bits per heavy atom. The van der Waals surface area contributed by atoms with Gasteiger partial charge in [0.2, 0.25) is 0 Å². The molecule has 70 valence electrons. The maximum absolute atomic E-state index is 9.88. The third-order valence-corrected chi connectivity index (χ3v) is 1.92. The first-order valence-corrected chi connectivity index (χ1v) is 4.21. The van der Waals surface area contributed by atoms with Crippen LogP contribution in [0.15, 0.2) is 43.2 Å². The molecule has 2 heterocycles. The van der Waals surface area contributed by atoms with Crippen molar-refractivity contribution in [2.24, 2.45) is 0 Å². The molecule has 0 amide bonds. The smallest absolute Gasteiger partial charge is 0.115 e. The zero-order valence-electron chi connectivity index (χ0n) is 7.41. The number of aromatic nitrogens is 3. The van der Waals surface area contributed by atoms with E-state index in [1.807, 2.05) is 0 Å². The average molecular weight is 187 g/mol. The molecule has 0 fully saturated rings. The van der Waals surface area contributed by atoms with Crippen molar-refractivity contribution >= 4 is 0 Å². The van der Waals surface area contributed by atoms with Crippen LogP contribution in [0.1, 0.15) is 17.2 Å². The van der Waals surface area contributed by atoms with E-state index in [0.717, 1.165) is 5.56 Å². The molecule has 4 heteroatoms. The van der Waals surface area contributed by atoms with Crippen LogP contribution in [0.25, 0.3) is 0 Å². The van der Waals surface area contributed by atoms with E-state index in [-0.39, 0.29) is 0 Å². The van der Waals surface area contributed by atoms with Crippen molar-refractivity contribution in [3.8, 4) is 0 Å². The summed E-state index contributed by atoms with van der Waals surface area (Å²) < 4.78 is 0. The van der Waals surface area contributed by atoms with Gasteiger partial charge in [0.1, 0.15) is 12.4 Å². The molecule has 4 nitrogen and oxygen atoms in total. The summed E-state index contributed by atoms with van der Waals surface area (Å²) in [6.45, 7) is 0. The number of rotatable bonds is 2. The molecule has 0 spiro atoms. The molecule has 0 aliphatic heterocycles. The van der Waals surface area contributed by atoms with Crippen LogP contribution in [0.3, 0.4) is 0 Å². The van der Waals surface area contributed by atoms with Gasteiger partial charge in [0.25, 0.3) is 0 Å². The van der Waals surface area contributed by atoms with Crippen LogP contribution >= 0.6 is 0 Å². The number of hydrogen-bond donors (Lipinski definition) is 1. The first kappa shape index (κ1) is 8.77. The van der Waals surface area contributed by atoms with Crippen molar-refractivity contribution in [1.82, 2.24) is 15.0 Å². The highest BCUT2D eigenvalue weighted by atomic mass is 16.3. The standard InChI is InChI=1S/C10H9N3O/c14-10(8-1-3-11-4-2-8)9-5-12-7-13-6-9/h1-7,10,14H. The van der Waals surface area contributed by atoms with Gasteiger partial charge in [-0.2, -0.15) is 0 Å². The van der Waals surface area contributed by atoms with Gasteiger partial charge in [0.05, 0.1) is 0 Å². The number of aliphatic hydroxyl groups excluding tert-OH is 1. The summed E-state index contributed by atoms with van der Waals surface area (Å²) in [4.78, 5) is 11.6. The predicted molar refractivity (Wildman–Crippen MR) is 50.3 cm³/mol. The molecular weight excluding hydrogens is 178 g/mol. The van der Waals surface area contributed by atoms with Gasteiger partial charge in [-0.15, -0.1) is 0 Å². The lowest BCUT2D eigenvalue weighted by atomic mass is 10.1. The summed E-state index contributed by atoms with van der Waals surface area (Å²) in [7, 11) is 0. The van der Waals surface area contributed by atoms with Gasteiger partial charge < -0.3 is 5.11 Å². The van der Waals surface area contributed by atoms with Crippen molar-refractivity contribution < 1.29 is 5.11 Å². The Balaban J connectivity index is 2.30. The zero-order valence-corrected chi connectivity index (χ0v) is 7.41. The molecule has 0 aromatic carbocycles. The van der Waals surface area contributed by atoms with Crippen LogP contribution < -0.4 is 0 Å². The number of hydrogen-bond acceptors (Lipinski definition) is 4. The van der Waals surface area contributed by atoms with Crippen LogP contribution in [0, 0.1) is 0 Å². The number of aliphatic hydroxyl groups is 1. The minimum atomic E-state index is -0.681. The van der Waals surface area contributed by atoms with Crippen LogP contribution in [0.2, 0.25) is 0 Å². The van der Waals surface area contributed by atoms with E-state index in [1.54, 1.807) is 36.9 Å². The average Bonchev–Trinajstić information content (AvgIpc) is 2.30. The van der Waals surface area contributed by atoms with Crippen molar-refractivity contribution in [3.63, 3.8) is 0 Å². The van der Waals surface area contributed by atoms with E-state index < -0.39 is 6.10 Å². The molecule has 2 rings (SSSR count). The molecular formula is C10H9N3O. The summed E-state index contributed by atoms with van der Waals surface area (Å²) >= 11 is 0. The Labute approximate surface area is 81.3 Å².